The summed E-state index contributed by atoms with van der Waals surface area (Å²) in [5, 5.41) is 9.11. The Morgan fingerprint density at radius 2 is 1.83 bits per heavy atom. The minimum absolute atomic E-state index is 0.411. The summed E-state index contributed by atoms with van der Waals surface area (Å²) < 4.78 is 6.97. The van der Waals surface area contributed by atoms with E-state index in [-0.39, 0.29) is 0 Å². The van der Waals surface area contributed by atoms with Crippen LogP contribution < -0.4 is 0 Å². The first-order valence-electron chi connectivity index (χ1n) is 10.0. The molecule has 3 unspecified atom stereocenters. The summed E-state index contributed by atoms with van der Waals surface area (Å²) >= 11 is 0. The van der Waals surface area contributed by atoms with Crippen LogP contribution in [0.15, 0.2) is 0 Å². The van der Waals surface area contributed by atoms with Crippen molar-refractivity contribution in [3.63, 3.8) is 0 Å². The lowest BCUT2D eigenvalue weighted by atomic mass is 9.61. The third kappa shape index (κ3) is 3.54. The van der Waals surface area contributed by atoms with Gasteiger partial charge >= 0.3 is 0 Å². The molecule has 0 aromatic carbocycles. The zero-order chi connectivity index (χ0) is 17.1. The highest BCUT2D eigenvalue weighted by atomic mass is 28.4. The Morgan fingerprint density at radius 3 is 2.39 bits per heavy atom. The highest BCUT2D eigenvalue weighted by Crippen LogP contribution is 2.59. The van der Waals surface area contributed by atoms with Crippen LogP contribution in [-0.2, 0) is 4.43 Å². The van der Waals surface area contributed by atoms with Gasteiger partial charge in [-0.2, -0.15) is 5.26 Å². The van der Waals surface area contributed by atoms with Gasteiger partial charge in [-0.1, -0.05) is 41.0 Å². The first-order valence-corrected chi connectivity index (χ1v) is 12.5. The number of hydrogen-bond acceptors (Lipinski definition) is 2. The summed E-state index contributed by atoms with van der Waals surface area (Å²) in [6.45, 7) is 11.8. The van der Waals surface area contributed by atoms with Crippen LogP contribution in [0.4, 0.5) is 0 Å². The molecule has 2 aliphatic carbocycles. The van der Waals surface area contributed by atoms with Crippen LogP contribution in [0.2, 0.25) is 18.1 Å². The van der Waals surface area contributed by atoms with Gasteiger partial charge in [-0.3, -0.25) is 0 Å². The second-order valence-electron chi connectivity index (χ2n) is 8.43. The quantitative estimate of drug-likeness (QED) is 0.523. The lowest BCUT2D eigenvalue weighted by Gasteiger charge is -2.48. The van der Waals surface area contributed by atoms with Crippen LogP contribution >= 0.6 is 0 Å². The predicted molar refractivity (Wildman–Crippen MR) is 99.6 cm³/mol. The van der Waals surface area contributed by atoms with E-state index in [1.807, 2.05) is 0 Å². The van der Waals surface area contributed by atoms with Gasteiger partial charge in [-0.05, 0) is 67.0 Å². The van der Waals surface area contributed by atoms with E-state index < -0.39 is 8.32 Å². The molecule has 5 atom stereocenters. The van der Waals surface area contributed by atoms with Crippen molar-refractivity contribution >= 4 is 8.32 Å². The van der Waals surface area contributed by atoms with E-state index in [1.54, 1.807) is 0 Å². The minimum Gasteiger partial charge on any atom is -0.414 e. The van der Waals surface area contributed by atoms with Crippen molar-refractivity contribution in [1.29, 1.82) is 5.26 Å². The maximum Gasteiger partial charge on any atom is 0.192 e. The van der Waals surface area contributed by atoms with Crippen molar-refractivity contribution in [3.05, 3.63) is 0 Å². The Kier molecular flexibility index (Phi) is 6.36. The Hall–Kier alpha value is -0.333. The highest BCUT2D eigenvalue weighted by Gasteiger charge is 2.53. The van der Waals surface area contributed by atoms with Gasteiger partial charge in [-0.15, -0.1) is 0 Å². The fourth-order valence-corrected chi connectivity index (χ4v) is 8.77. The van der Waals surface area contributed by atoms with Crippen molar-refractivity contribution in [1.82, 2.24) is 0 Å². The summed E-state index contributed by atoms with van der Waals surface area (Å²) in [7, 11) is -1.51. The Labute approximate surface area is 145 Å². The molecule has 0 aliphatic heterocycles. The predicted octanol–water partition coefficient (Wildman–Crippen LogP) is 6.14. The molecule has 0 N–H and O–H groups in total. The molecule has 0 saturated heterocycles. The SMILES string of the molecule is CC[Si](CC)(CC)OC1CCC[C@@]2(C)C1CCC2[C@@H](C)CC#N. The molecule has 0 aromatic rings. The second-order valence-corrected chi connectivity index (χ2v) is 13.2. The number of fused-ring (bicyclic) bond motifs is 1. The number of nitrogens with zero attached hydrogens (tertiary/aromatic N) is 1. The minimum atomic E-state index is -1.51. The molecule has 2 rings (SSSR count). The van der Waals surface area contributed by atoms with Crippen molar-refractivity contribution in [2.45, 2.75) is 97.4 Å². The van der Waals surface area contributed by atoms with Gasteiger partial charge in [0.15, 0.2) is 8.32 Å². The second kappa shape index (κ2) is 7.70. The smallest absolute Gasteiger partial charge is 0.192 e. The third-order valence-electron chi connectivity index (χ3n) is 7.57. The number of rotatable bonds is 7. The van der Waals surface area contributed by atoms with Crippen LogP contribution in [0.25, 0.3) is 0 Å². The van der Waals surface area contributed by atoms with Crippen molar-refractivity contribution < 1.29 is 4.43 Å². The van der Waals surface area contributed by atoms with Crippen molar-refractivity contribution in [2.75, 3.05) is 0 Å². The molecule has 0 amide bonds. The van der Waals surface area contributed by atoms with Crippen LogP contribution in [0.3, 0.4) is 0 Å². The Bertz CT molecular complexity index is 420. The van der Waals surface area contributed by atoms with E-state index in [0.29, 0.717) is 17.4 Å². The molecular formula is C20H37NOSi. The Balaban J connectivity index is 2.16. The summed E-state index contributed by atoms with van der Waals surface area (Å²) in [4.78, 5) is 0. The maximum absolute atomic E-state index is 9.11. The molecule has 0 aromatic heterocycles. The molecular weight excluding hydrogens is 298 g/mol. The van der Waals surface area contributed by atoms with Crippen LogP contribution in [0.5, 0.6) is 0 Å². The molecule has 132 valence electrons. The molecule has 2 fully saturated rings. The largest absolute Gasteiger partial charge is 0.414 e. The normalized spacial score (nSPS) is 35.6. The van der Waals surface area contributed by atoms with E-state index in [2.05, 4.69) is 40.7 Å². The topological polar surface area (TPSA) is 33.0 Å². The Morgan fingerprint density at radius 1 is 1.17 bits per heavy atom. The van der Waals surface area contributed by atoms with Gasteiger partial charge in [-0.25, -0.2) is 0 Å². The van der Waals surface area contributed by atoms with E-state index in [1.165, 1.54) is 50.2 Å². The van der Waals surface area contributed by atoms with E-state index >= 15 is 0 Å². The molecule has 0 bridgehead atoms. The molecule has 23 heavy (non-hydrogen) atoms. The molecule has 2 saturated carbocycles. The van der Waals surface area contributed by atoms with Gasteiger partial charge in [0.05, 0.1) is 6.07 Å². The van der Waals surface area contributed by atoms with Crippen LogP contribution in [0, 0.1) is 34.5 Å². The van der Waals surface area contributed by atoms with Crippen LogP contribution in [0.1, 0.15) is 73.1 Å². The van der Waals surface area contributed by atoms with E-state index in [9.17, 15) is 0 Å². The van der Waals surface area contributed by atoms with Gasteiger partial charge < -0.3 is 4.43 Å². The standard InChI is InChI=1S/C20H37NOSi/c1-6-23(7-2,8-3)22-19-10-9-14-20(5)17(11-12-18(19)20)16(4)13-15-21/h16-19H,6-14H2,1-5H3/t16-,17?,18?,19?,20+/m0/s1. The van der Waals surface area contributed by atoms with Gasteiger partial charge in [0.2, 0.25) is 0 Å². The summed E-state index contributed by atoms with van der Waals surface area (Å²) in [6, 6.07) is 6.18. The molecule has 0 spiro atoms. The fourth-order valence-electron chi connectivity index (χ4n) is 5.84. The molecule has 3 heteroatoms. The number of nitriles is 1. The zero-order valence-corrected chi connectivity index (χ0v) is 17.0. The molecule has 2 nitrogen and oxygen atoms in total. The first kappa shape index (κ1) is 19.0. The third-order valence-corrected chi connectivity index (χ3v) is 12.2. The summed E-state index contributed by atoms with van der Waals surface area (Å²) in [6.07, 6.45) is 7.78. The maximum atomic E-state index is 9.11. The van der Waals surface area contributed by atoms with Gasteiger partial charge in [0.1, 0.15) is 0 Å². The highest BCUT2D eigenvalue weighted by molar-refractivity contribution is 6.73. The molecule has 0 heterocycles. The first-order chi connectivity index (χ1) is 11.0. The molecule has 0 radical (unpaired) electrons. The van der Waals surface area contributed by atoms with E-state index in [4.69, 9.17) is 9.69 Å². The van der Waals surface area contributed by atoms with Crippen molar-refractivity contribution in [3.8, 4) is 6.07 Å². The average molecular weight is 336 g/mol. The summed E-state index contributed by atoms with van der Waals surface area (Å²) in [5.74, 6) is 2.00. The molecule has 2 aliphatic rings. The van der Waals surface area contributed by atoms with Gasteiger partial charge in [0, 0.05) is 12.5 Å². The van der Waals surface area contributed by atoms with E-state index in [0.717, 1.165) is 18.3 Å². The van der Waals surface area contributed by atoms with Crippen LogP contribution in [-0.4, -0.2) is 14.4 Å². The number of hydrogen-bond donors (Lipinski definition) is 0. The summed E-state index contributed by atoms with van der Waals surface area (Å²) in [5.41, 5.74) is 0.411. The zero-order valence-electron chi connectivity index (χ0n) is 16.0. The van der Waals surface area contributed by atoms with Crippen molar-refractivity contribution in [2.24, 2.45) is 23.2 Å². The lowest BCUT2D eigenvalue weighted by Crippen LogP contribution is -2.48. The fraction of sp³-hybridized carbons (Fsp3) is 0.950. The average Bonchev–Trinajstić information content (AvgIpc) is 2.91. The monoisotopic (exact) mass is 335 g/mol. The van der Waals surface area contributed by atoms with Gasteiger partial charge in [0.25, 0.3) is 0 Å². The lowest BCUT2D eigenvalue weighted by molar-refractivity contribution is -0.0189.